The Balaban J connectivity index is 2.32. The highest BCUT2D eigenvalue weighted by atomic mass is 16.2. The van der Waals surface area contributed by atoms with E-state index in [1.54, 1.807) is 6.08 Å². The van der Waals surface area contributed by atoms with Gasteiger partial charge in [-0.05, 0) is 26.3 Å². The molecule has 1 rings (SSSR count). The van der Waals surface area contributed by atoms with Crippen LogP contribution in [0, 0.1) is 0 Å². The summed E-state index contributed by atoms with van der Waals surface area (Å²) in [6, 6.07) is 0.0763. The molecule has 2 unspecified atom stereocenters. The van der Waals surface area contributed by atoms with Crippen molar-refractivity contribution in [3.63, 3.8) is 0 Å². The zero-order valence-electron chi connectivity index (χ0n) is 8.18. The fourth-order valence-electron chi connectivity index (χ4n) is 1.46. The monoisotopic (exact) mass is 182 g/mol. The molecule has 0 aromatic heterocycles. The van der Waals surface area contributed by atoms with E-state index in [1.165, 1.54) is 6.42 Å². The Morgan fingerprint density at radius 3 is 3.00 bits per heavy atom. The number of piperidine rings is 1. The van der Waals surface area contributed by atoms with E-state index in [1.807, 2.05) is 6.92 Å². The minimum absolute atomic E-state index is 0.0103. The molecule has 0 saturated carbocycles. The van der Waals surface area contributed by atoms with Crippen LogP contribution in [0.25, 0.3) is 0 Å². The molecule has 3 heteroatoms. The third kappa shape index (κ3) is 3.19. The van der Waals surface area contributed by atoms with Gasteiger partial charge in [0.2, 0.25) is 5.91 Å². The standard InChI is InChI=1S/C10H18N2O/c1-3-8(2)12-10(13)9-6-4-5-7-11-9/h3,8-9,11H,1,4-7H2,2H3,(H,12,13). The molecule has 2 N–H and O–H groups in total. The minimum Gasteiger partial charge on any atom is -0.349 e. The average molecular weight is 182 g/mol. The number of hydrogen-bond donors (Lipinski definition) is 2. The molecule has 1 fully saturated rings. The fraction of sp³-hybridized carbons (Fsp3) is 0.700. The van der Waals surface area contributed by atoms with Crippen molar-refractivity contribution >= 4 is 5.91 Å². The van der Waals surface area contributed by atoms with E-state index in [9.17, 15) is 4.79 Å². The number of amides is 1. The molecule has 0 aromatic rings. The molecule has 0 bridgehead atoms. The molecule has 0 spiro atoms. The first-order chi connectivity index (χ1) is 6.24. The van der Waals surface area contributed by atoms with E-state index in [0.29, 0.717) is 0 Å². The molecule has 1 amide bonds. The van der Waals surface area contributed by atoms with Crippen molar-refractivity contribution in [2.75, 3.05) is 6.54 Å². The van der Waals surface area contributed by atoms with Gasteiger partial charge in [0, 0.05) is 6.04 Å². The minimum atomic E-state index is 0.0103. The third-order valence-corrected chi connectivity index (χ3v) is 2.35. The molecule has 1 aliphatic heterocycles. The normalized spacial score (nSPS) is 24.8. The van der Waals surface area contributed by atoms with Gasteiger partial charge in [0.15, 0.2) is 0 Å². The first-order valence-electron chi connectivity index (χ1n) is 4.90. The number of nitrogens with one attached hydrogen (secondary N) is 2. The summed E-state index contributed by atoms with van der Waals surface area (Å²) in [4.78, 5) is 11.5. The molecule has 0 aromatic carbocycles. The van der Waals surface area contributed by atoms with Gasteiger partial charge < -0.3 is 10.6 Å². The summed E-state index contributed by atoms with van der Waals surface area (Å²) in [6.45, 7) is 6.51. The molecule has 0 aliphatic carbocycles. The lowest BCUT2D eigenvalue weighted by atomic mass is 10.0. The predicted octanol–water partition coefficient (Wildman–Crippen LogP) is 0.819. The summed E-state index contributed by atoms with van der Waals surface area (Å²) >= 11 is 0. The highest BCUT2D eigenvalue weighted by Crippen LogP contribution is 2.06. The third-order valence-electron chi connectivity index (χ3n) is 2.35. The zero-order valence-corrected chi connectivity index (χ0v) is 8.18. The van der Waals surface area contributed by atoms with E-state index < -0.39 is 0 Å². The highest BCUT2D eigenvalue weighted by Gasteiger charge is 2.20. The van der Waals surface area contributed by atoms with Crippen LogP contribution in [0.15, 0.2) is 12.7 Å². The summed E-state index contributed by atoms with van der Waals surface area (Å²) < 4.78 is 0. The maximum absolute atomic E-state index is 11.5. The van der Waals surface area contributed by atoms with Crippen molar-refractivity contribution in [3.05, 3.63) is 12.7 Å². The summed E-state index contributed by atoms with van der Waals surface area (Å²) in [7, 11) is 0. The van der Waals surface area contributed by atoms with Crippen LogP contribution in [0.4, 0.5) is 0 Å². The van der Waals surface area contributed by atoms with Crippen molar-refractivity contribution < 1.29 is 4.79 Å². The molecule has 1 aliphatic rings. The molecular weight excluding hydrogens is 164 g/mol. The summed E-state index contributed by atoms with van der Waals surface area (Å²) in [5.74, 6) is 0.104. The van der Waals surface area contributed by atoms with Crippen LogP contribution in [0.1, 0.15) is 26.2 Å². The average Bonchev–Trinajstić information content (AvgIpc) is 2.19. The van der Waals surface area contributed by atoms with Crippen molar-refractivity contribution in [3.8, 4) is 0 Å². The van der Waals surface area contributed by atoms with Crippen LogP contribution in [0.3, 0.4) is 0 Å². The lowest BCUT2D eigenvalue weighted by molar-refractivity contribution is -0.124. The number of carbonyl (C=O) groups is 1. The number of carbonyl (C=O) groups excluding carboxylic acids is 1. The smallest absolute Gasteiger partial charge is 0.237 e. The Bertz CT molecular complexity index is 185. The summed E-state index contributed by atoms with van der Waals surface area (Å²) in [5.41, 5.74) is 0. The van der Waals surface area contributed by atoms with Gasteiger partial charge in [0.05, 0.1) is 6.04 Å². The fourth-order valence-corrected chi connectivity index (χ4v) is 1.46. The van der Waals surface area contributed by atoms with Crippen molar-refractivity contribution in [1.29, 1.82) is 0 Å². The van der Waals surface area contributed by atoms with Gasteiger partial charge in [-0.15, -0.1) is 6.58 Å². The maximum Gasteiger partial charge on any atom is 0.237 e. The van der Waals surface area contributed by atoms with E-state index >= 15 is 0 Å². The molecule has 3 nitrogen and oxygen atoms in total. The Morgan fingerprint density at radius 1 is 1.69 bits per heavy atom. The van der Waals surface area contributed by atoms with E-state index in [2.05, 4.69) is 17.2 Å². The maximum atomic E-state index is 11.5. The van der Waals surface area contributed by atoms with Gasteiger partial charge in [-0.2, -0.15) is 0 Å². The Hall–Kier alpha value is -0.830. The van der Waals surface area contributed by atoms with Gasteiger partial charge in [0.25, 0.3) is 0 Å². The van der Waals surface area contributed by atoms with Crippen molar-refractivity contribution in [2.45, 2.75) is 38.3 Å². The lowest BCUT2D eigenvalue weighted by Gasteiger charge is -2.23. The van der Waals surface area contributed by atoms with Gasteiger partial charge in [0.1, 0.15) is 0 Å². The first-order valence-corrected chi connectivity index (χ1v) is 4.90. The van der Waals surface area contributed by atoms with Crippen LogP contribution in [0.5, 0.6) is 0 Å². The Morgan fingerprint density at radius 2 is 2.46 bits per heavy atom. The molecule has 13 heavy (non-hydrogen) atoms. The molecule has 74 valence electrons. The van der Waals surface area contributed by atoms with E-state index in [4.69, 9.17) is 0 Å². The second-order valence-corrected chi connectivity index (χ2v) is 3.54. The summed E-state index contributed by atoms with van der Waals surface area (Å²) in [6.07, 6.45) is 5.02. The highest BCUT2D eigenvalue weighted by molar-refractivity contribution is 5.82. The largest absolute Gasteiger partial charge is 0.349 e. The van der Waals surface area contributed by atoms with Crippen LogP contribution in [0.2, 0.25) is 0 Å². The van der Waals surface area contributed by atoms with Crippen molar-refractivity contribution in [2.24, 2.45) is 0 Å². The van der Waals surface area contributed by atoms with E-state index in [0.717, 1.165) is 19.4 Å². The van der Waals surface area contributed by atoms with E-state index in [-0.39, 0.29) is 18.0 Å². The van der Waals surface area contributed by atoms with Crippen LogP contribution < -0.4 is 10.6 Å². The quantitative estimate of drug-likeness (QED) is 0.634. The Labute approximate surface area is 79.6 Å². The second-order valence-electron chi connectivity index (χ2n) is 3.54. The molecule has 2 atom stereocenters. The SMILES string of the molecule is C=CC(C)NC(=O)C1CCCCN1. The van der Waals surface area contributed by atoms with Crippen LogP contribution >= 0.6 is 0 Å². The molecular formula is C10H18N2O. The van der Waals surface area contributed by atoms with Gasteiger partial charge in [-0.25, -0.2) is 0 Å². The number of rotatable bonds is 3. The van der Waals surface area contributed by atoms with Crippen molar-refractivity contribution in [1.82, 2.24) is 10.6 Å². The topological polar surface area (TPSA) is 41.1 Å². The van der Waals surface area contributed by atoms with Gasteiger partial charge in [-0.3, -0.25) is 4.79 Å². The second kappa shape index (κ2) is 5.02. The molecule has 0 radical (unpaired) electrons. The molecule has 1 heterocycles. The summed E-state index contributed by atoms with van der Waals surface area (Å²) in [5, 5.41) is 6.08. The molecule has 1 saturated heterocycles. The Kier molecular flexibility index (Phi) is 3.96. The predicted molar refractivity (Wildman–Crippen MR) is 53.4 cm³/mol. The van der Waals surface area contributed by atoms with Gasteiger partial charge >= 0.3 is 0 Å². The zero-order chi connectivity index (χ0) is 9.68. The number of hydrogen-bond acceptors (Lipinski definition) is 2. The van der Waals surface area contributed by atoms with Crippen LogP contribution in [-0.4, -0.2) is 24.5 Å². The lowest BCUT2D eigenvalue weighted by Crippen LogP contribution is -2.48. The van der Waals surface area contributed by atoms with Crippen LogP contribution in [-0.2, 0) is 4.79 Å². The van der Waals surface area contributed by atoms with Gasteiger partial charge in [-0.1, -0.05) is 12.5 Å². The first kappa shape index (κ1) is 10.3.